The van der Waals surface area contributed by atoms with Crippen LogP contribution in [0.15, 0.2) is 65.0 Å². The molecule has 0 aliphatic heterocycles. The Morgan fingerprint density at radius 3 is 2.88 bits per heavy atom. The van der Waals surface area contributed by atoms with Crippen LogP contribution in [0.25, 0.3) is 16.1 Å². The molecule has 0 saturated heterocycles. The summed E-state index contributed by atoms with van der Waals surface area (Å²) in [5, 5.41) is 16.9. The molecule has 3 heterocycles. The predicted molar refractivity (Wildman–Crippen MR) is 101 cm³/mol. The first-order valence-electron chi connectivity index (χ1n) is 8.10. The Bertz CT molecular complexity index is 1100. The quantitative estimate of drug-likeness (QED) is 0.589. The van der Waals surface area contributed by atoms with E-state index in [1.165, 1.54) is 4.57 Å². The number of thiophene rings is 1. The van der Waals surface area contributed by atoms with Crippen molar-refractivity contribution in [1.29, 1.82) is 0 Å². The first kappa shape index (κ1) is 16.6. The first-order valence-corrected chi connectivity index (χ1v) is 8.98. The average Bonchev–Trinajstić information content (AvgIpc) is 3.33. The highest BCUT2D eigenvalue weighted by molar-refractivity contribution is 7.13. The van der Waals surface area contributed by atoms with Crippen LogP contribution < -0.4 is 10.3 Å². The molecule has 26 heavy (non-hydrogen) atoms. The largest absolute Gasteiger partial charge is 0.497 e. The lowest BCUT2D eigenvalue weighted by Gasteiger charge is -2.14. The second kappa shape index (κ2) is 6.78. The van der Waals surface area contributed by atoms with Gasteiger partial charge in [-0.05, 0) is 35.2 Å². The van der Waals surface area contributed by atoms with Gasteiger partial charge in [-0.2, -0.15) is 5.10 Å². The van der Waals surface area contributed by atoms with Crippen molar-refractivity contribution in [2.24, 2.45) is 0 Å². The van der Waals surface area contributed by atoms with Crippen LogP contribution in [0.3, 0.4) is 0 Å². The summed E-state index contributed by atoms with van der Waals surface area (Å²) < 4.78 is 8.26. The summed E-state index contributed by atoms with van der Waals surface area (Å²) in [6.07, 6.45) is 2.56. The molecule has 0 aliphatic rings. The van der Waals surface area contributed by atoms with Gasteiger partial charge in [0, 0.05) is 12.4 Å². The fourth-order valence-electron chi connectivity index (χ4n) is 2.86. The van der Waals surface area contributed by atoms with Gasteiger partial charge in [0.05, 0.1) is 24.6 Å². The third-order valence-electron chi connectivity index (χ3n) is 4.23. The zero-order chi connectivity index (χ0) is 18.1. The number of fused-ring (bicyclic) bond motifs is 1. The van der Waals surface area contributed by atoms with Gasteiger partial charge in [0.1, 0.15) is 17.0 Å². The SMILES string of the molecule is COc1cccc(C(O)Cn2ccn3nc(-c4cccs4)cc3c2=O)c1. The molecule has 132 valence electrons. The van der Waals surface area contributed by atoms with Gasteiger partial charge in [0.2, 0.25) is 0 Å². The van der Waals surface area contributed by atoms with E-state index in [2.05, 4.69) is 5.10 Å². The summed E-state index contributed by atoms with van der Waals surface area (Å²) in [5.41, 5.74) is 1.76. The predicted octanol–water partition coefficient (Wildman–Crippen LogP) is 2.97. The van der Waals surface area contributed by atoms with Crippen LogP contribution in [0, 0.1) is 0 Å². The smallest absolute Gasteiger partial charge is 0.276 e. The Hall–Kier alpha value is -2.90. The van der Waals surface area contributed by atoms with Crippen LogP contribution in [-0.2, 0) is 6.54 Å². The molecular weight excluding hydrogens is 350 g/mol. The molecule has 0 spiro atoms. The summed E-state index contributed by atoms with van der Waals surface area (Å²) >= 11 is 1.58. The molecule has 0 aliphatic carbocycles. The van der Waals surface area contributed by atoms with Gasteiger partial charge in [-0.15, -0.1) is 11.3 Å². The number of hydrogen-bond donors (Lipinski definition) is 1. The second-order valence-corrected chi connectivity index (χ2v) is 6.83. The van der Waals surface area contributed by atoms with Crippen LogP contribution in [0.5, 0.6) is 5.75 Å². The van der Waals surface area contributed by atoms with Gasteiger partial charge < -0.3 is 14.4 Å². The highest BCUT2D eigenvalue weighted by Crippen LogP contribution is 2.24. The van der Waals surface area contributed by atoms with E-state index in [9.17, 15) is 9.90 Å². The minimum absolute atomic E-state index is 0.155. The van der Waals surface area contributed by atoms with Gasteiger partial charge in [-0.3, -0.25) is 4.79 Å². The van der Waals surface area contributed by atoms with Crippen molar-refractivity contribution in [3.05, 3.63) is 76.2 Å². The molecule has 1 N–H and O–H groups in total. The number of hydrogen-bond acceptors (Lipinski definition) is 5. The van der Waals surface area contributed by atoms with Crippen LogP contribution >= 0.6 is 11.3 Å². The van der Waals surface area contributed by atoms with Crippen molar-refractivity contribution in [2.75, 3.05) is 7.11 Å². The highest BCUT2D eigenvalue weighted by atomic mass is 32.1. The maximum absolute atomic E-state index is 12.8. The first-order chi connectivity index (χ1) is 12.7. The lowest BCUT2D eigenvalue weighted by molar-refractivity contribution is 0.155. The number of rotatable bonds is 5. The Balaban J connectivity index is 1.66. The minimum Gasteiger partial charge on any atom is -0.497 e. The lowest BCUT2D eigenvalue weighted by Crippen LogP contribution is -2.24. The molecule has 3 aromatic heterocycles. The van der Waals surface area contributed by atoms with Gasteiger partial charge in [-0.1, -0.05) is 18.2 Å². The van der Waals surface area contributed by atoms with E-state index in [1.807, 2.05) is 35.7 Å². The zero-order valence-corrected chi connectivity index (χ0v) is 14.9. The van der Waals surface area contributed by atoms with Crippen LogP contribution in [-0.4, -0.2) is 26.4 Å². The lowest BCUT2D eigenvalue weighted by atomic mass is 10.1. The topological polar surface area (TPSA) is 68.8 Å². The molecule has 0 bridgehead atoms. The van der Waals surface area contributed by atoms with Crippen LogP contribution in [0.2, 0.25) is 0 Å². The van der Waals surface area contributed by atoms with Crippen molar-refractivity contribution in [3.63, 3.8) is 0 Å². The number of methoxy groups -OCH3 is 1. The van der Waals surface area contributed by atoms with Gasteiger partial charge >= 0.3 is 0 Å². The second-order valence-electron chi connectivity index (χ2n) is 5.88. The molecule has 0 fully saturated rings. The number of benzene rings is 1. The monoisotopic (exact) mass is 367 g/mol. The fourth-order valence-corrected chi connectivity index (χ4v) is 3.54. The van der Waals surface area contributed by atoms with Crippen molar-refractivity contribution < 1.29 is 9.84 Å². The number of ether oxygens (including phenoxy) is 1. The Morgan fingerprint density at radius 2 is 2.12 bits per heavy atom. The number of aliphatic hydroxyl groups excluding tert-OH is 1. The molecule has 0 saturated carbocycles. The highest BCUT2D eigenvalue weighted by Gasteiger charge is 2.14. The summed E-state index contributed by atoms with van der Waals surface area (Å²) in [7, 11) is 1.58. The van der Waals surface area contributed by atoms with Gasteiger partial charge in [0.15, 0.2) is 0 Å². The summed E-state index contributed by atoms with van der Waals surface area (Å²) in [4.78, 5) is 13.8. The molecule has 1 aromatic carbocycles. The Labute approximate surface area is 153 Å². The van der Waals surface area contributed by atoms with E-state index in [-0.39, 0.29) is 12.1 Å². The Morgan fingerprint density at radius 1 is 1.23 bits per heavy atom. The van der Waals surface area contributed by atoms with Crippen molar-refractivity contribution in [2.45, 2.75) is 12.6 Å². The standard InChI is InChI=1S/C19H17N3O3S/c1-25-14-5-2-4-13(10-14)17(23)12-21-7-8-22-16(19(21)24)11-15(20-22)18-6-3-9-26-18/h2-11,17,23H,12H2,1H3. The molecule has 1 unspecified atom stereocenters. The molecule has 1 atom stereocenters. The van der Waals surface area contributed by atoms with Crippen LogP contribution in [0.4, 0.5) is 0 Å². The van der Waals surface area contributed by atoms with Crippen molar-refractivity contribution in [3.8, 4) is 16.3 Å². The van der Waals surface area contributed by atoms with Gasteiger partial charge in [-0.25, -0.2) is 4.52 Å². The van der Waals surface area contributed by atoms with Crippen molar-refractivity contribution >= 4 is 16.9 Å². The molecule has 7 heteroatoms. The van der Waals surface area contributed by atoms with E-state index in [4.69, 9.17) is 4.74 Å². The van der Waals surface area contributed by atoms with Gasteiger partial charge in [0.25, 0.3) is 5.56 Å². The minimum atomic E-state index is -0.815. The van der Waals surface area contributed by atoms with Crippen molar-refractivity contribution in [1.82, 2.24) is 14.2 Å². The molecule has 4 aromatic rings. The number of aliphatic hydroxyl groups is 1. The molecular formula is C19H17N3O3S. The zero-order valence-electron chi connectivity index (χ0n) is 14.1. The third kappa shape index (κ3) is 3.02. The van der Waals surface area contributed by atoms with E-state index >= 15 is 0 Å². The summed E-state index contributed by atoms with van der Waals surface area (Å²) in [6, 6.07) is 12.9. The van der Waals surface area contributed by atoms with Crippen LogP contribution in [0.1, 0.15) is 11.7 Å². The molecule has 0 amide bonds. The Kier molecular flexibility index (Phi) is 4.32. The average molecular weight is 367 g/mol. The number of nitrogens with zero attached hydrogens (tertiary/aromatic N) is 3. The molecule has 4 rings (SSSR count). The fraction of sp³-hybridized carbons (Fsp3) is 0.158. The molecule has 0 radical (unpaired) electrons. The number of aromatic nitrogens is 3. The van der Waals surface area contributed by atoms with E-state index in [0.717, 1.165) is 10.6 Å². The molecule has 6 nitrogen and oxygen atoms in total. The van der Waals surface area contributed by atoms with E-state index in [0.29, 0.717) is 16.8 Å². The van der Waals surface area contributed by atoms with E-state index in [1.54, 1.807) is 47.5 Å². The third-order valence-corrected chi connectivity index (χ3v) is 5.12. The van der Waals surface area contributed by atoms with E-state index < -0.39 is 6.10 Å². The maximum atomic E-state index is 12.8. The normalized spacial score (nSPS) is 12.4. The summed E-state index contributed by atoms with van der Waals surface area (Å²) in [6.45, 7) is 0.155. The maximum Gasteiger partial charge on any atom is 0.276 e. The summed E-state index contributed by atoms with van der Waals surface area (Å²) in [5.74, 6) is 0.667.